The monoisotopic (exact) mass is 381 g/mol. The highest BCUT2D eigenvalue weighted by molar-refractivity contribution is 5.78. The highest BCUT2D eigenvalue weighted by atomic mass is 16.5. The van der Waals surface area contributed by atoms with Crippen molar-refractivity contribution >= 4 is 16.7 Å². The van der Waals surface area contributed by atoms with Gasteiger partial charge in [0.2, 0.25) is 5.88 Å². The third-order valence-electron chi connectivity index (χ3n) is 5.26. The molecule has 146 valence electrons. The van der Waals surface area contributed by atoms with Gasteiger partial charge < -0.3 is 14.4 Å². The number of ether oxygens (including phenoxy) is 2. The van der Waals surface area contributed by atoms with Crippen molar-refractivity contribution in [3.63, 3.8) is 0 Å². The zero-order valence-electron chi connectivity index (χ0n) is 16.0. The Morgan fingerprint density at radius 1 is 1.07 bits per heavy atom. The third-order valence-corrected chi connectivity index (χ3v) is 5.26. The van der Waals surface area contributed by atoms with Crippen LogP contribution in [0.25, 0.3) is 10.9 Å². The summed E-state index contributed by atoms with van der Waals surface area (Å²) in [5.41, 5.74) is 0.656. The van der Waals surface area contributed by atoms with Crippen LogP contribution in [0.2, 0.25) is 0 Å². The molecule has 0 aliphatic carbocycles. The Morgan fingerprint density at radius 3 is 2.64 bits per heavy atom. The van der Waals surface area contributed by atoms with E-state index in [0.717, 1.165) is 31.7 Å². The summed E-state index contributed by atoms with van der Waals surface area (Å²) in [6.45, 7) is 2.45. The van der Waals surface area contributed by atoms with E-state index >= 15 is 0 Å². The van der Waals surface area contributed by atoms with Gasteiger partial charge in [-0.05, 0) is 30.9 Å². The predicted molar refractivity (Wildman–Crippen MR) is 106 cm³/mol. The van der Waals surface area contributed by atoms with Gasteiger partial charge in [-0.1, -0.05) is 0 Å². The minimum Gasteiger partial charge on any atom is -0.497 e. The van der Waals surface area contributed by atoms with Crippen LogP contribution in [0.15, 0.2) is 41.7 Å². The van der Waals surface area contributed by atoms with Gasteiger partial charge in [0.25, 0.3) is 5.56 Å². The standard InChI is InChI=1S/C20H23N5O3/c1-27-15-3-4-16-17(9-15)23-13-25(20(16)26)11-14-5-7-24(8-6-14)18-10-19(28-2)22-12-21-18/h3-4,9-10,12-14H,5-8,11H2,1-2H3. The molecule has 1 aliphatic heterocycles. The fraction of sp³-hybridized carbons (Fsp3) is 0.400. The Labute approximate surface area is 162 Å². The molecule has 0 radical (unpaired) electrons. The third kappa shape index (κ3) is 3.62. The number of methoxy groups -OCH3 is 2. The molecule has 0 amide bonds. The average molecular weight is 381 g/mol. The zero-order chi connectivity index (χ0) is 19.5. The number of fused-ring (bicyclic) bond motifs is 1. The van der Waals surface area contributed by atoms with E-state index in [2.05, 4.69) is 19.9 Å². The van der Waals surface area contributed by atoms with Crippen LogP contribution in [0, 0.1) is 5.92 Å². The number of piperidine rings is 1. The lowest BCUT2D eigenvalue weighted by atomic mass is 9.96. The van der Waals surface area contributed by atoms with Crippen LogP contribution >= 0.6 is 0 Å². The molecule has 0 spiro atoms. The van der Waals surface area contributed by atoms with Crippen molar-refractivity contribution in [3.8, 4) is 11.6 Å². The van der Waals surface area contributed by atoms with Gasteiger partial charge in [-0.3, -0.25) is 9.36 Å². The maximum atomic E-state index is 12.8. The molecule has 1 aliphatic rings. The summed E-state index contributed by atoms with van der Waals surface area (Å²) in [7, 11) is 3.20. The summed E-state index contributed by atoms with van der Waals surface area (Å²) >= 11 is 0. The van der Waals surface area contributed by atoms with Crippen LogP contribution < -0.4 is 19.9 Å². The van der Waals surface area contributed by atoms with E-state index < -0.39 is 0 Å². The first-order valence-corrected chi connectivity index (χ1v) is 9.32. The predicted octanol–water partition coefficient (Wildman–Crippen LogP) is 2.12. The second-order valence-corrected chi connectivity index (χ2v) is 6.93. The first kappa shape index (κ1) is 18.2. The molecule has 0 atom stereocenters. The SMILES string of the molecule is COc1ccc2c(=O)n(CC3CCN(c4cc(OC)ncn4)CC3)cnc2c1. The second kappa shape index (κ2) is 7.84. The van der Waals surface area contributed by atoms with Crippen molar-refractivity contribution in [1.82, 2.24) is 19.5 Å². The number of anilines is 1. The smallest absolute Gasteiger partial charge is 0.261 e. The molecule has 2 aromatic heterocycles. The largest absolute Gasteiger partial charge is 0.497 e. The average Bonchev–Trinajstić information content (AvgIpc) is 2.76. The molecule has 0 N–H and O–H groups in total. The topological polar surface area (TPSA) is 82.4 Å². The molecular weight excluding hydrogens is 358 g/mol. The van der Waals surface area contributed by atoms with Gasteiger partial charge in [0.15, 0.2) is 0 Å². The molecule has 3 aromatic rings. The number of hydrogen-bond acceptors (Lipinski definition) is 7. The maximum Gasteiger partial charge on any atom is 0.261 e. The van der Waals surface area contributed by atoms with Crippen molar-refractivity contribution in [2.45, 2.75) is 19.4 Å². The Balaban J connectivity index is 1.44. The Hall–Kier alpha value is -3.16. The van der Waals surface area contributed by atoms with Crippen LogP contribution in [0.5, 0.6) is 11.6 Å². The molecular formula is C20H23N5O3. The lowest BCUT2D eigenvalue weighted by Gasteiger charge is -2.33. The maximum absolute atomic E-state index is 12.8. The van der Waals surface area contributed by atoms with E-state index in [4.69, 9.17) is 9.47 Å². The van der Waals surface area contributed by atoms with Gasteiger partial charge in [-0.25, -0.2) is 15.0 Å². The molecule has 0 saturated carbocycles. The number of aromatic nitrogens is 4. The number of rotatable bonds is 5. The van der Waals surface area contributed by atoms with E-state index in [1.54, 1.807) is 43.3 Å². The molecule has 1 saturated heterocycles. The first-order valence-electron chi connectivity index (χ1n) is 9.32. The van der Waals surface area contributed by atoms with Gasteiger partial charge in [0.05, 0.1) is 31.4 Å². The van der Waals surface area contributed by atoms with Crippen LogP contribution in [-0.4, -0.2) is 46.8 Å². The Kier molecular flexibility index (Phi) is 5.10. The molecule has 0 unspecified atom stereocenters. The van der Waals surface area contributed by atoms with Crippen LogP contribution in [-0.2, 0) is 6.54 Å². The van der Waals surface area contributed by atoms with Crippen molar-refractivity contribution in [2.75, 3.05) is 32.2 Å². The molecule has 0 bridgehead atoms. The summed E-state index contributed by atoms with van der Waals surface area (Å²) in [6.07, 6.45) is 5.14. The van der Waals surface area contributed by atoms with Crippen LogP contribution in [0.1, 0.15) is 12.8 Å². The lowest BCUT2D eigenvalue weighted by molar-refractivity contribution is 0.350. The summed E-state index contributed by atoms with van der Waals surface area (Å²) < 4.78 is 12.1. The molecule has 1 fully saturated rings. The van der Waals surface area contributed by atoms with Gasteiger partial charge >= 0.3 is 0 Å². The quantitative estimate of drug-likeness (QED) is 0.669. The van der Waals surface area contributed by atoms with Gasteiger partial charge in [-0.15, -0.1) is 0 Å². The molecule has 1 aromatic carbocycles. The van der Waals surface area contributed by atoms with E-state index in [-0.39, 0.29) is 5.56 Å². The van der Waals surface area contributed by atoms with Gasteiger partial charge in [0, 0.05) is 31.8 Å². The summed E-state index contributed by atoms with van der Waals surface area (Å²) in [5, 5.41) is 0.619. The van der Waals surface area contributed by atoms with Crippen LogP contribution in [0.3, 0.4) is 0 Å². The number of benzene rings is 1. The minimum absolute atomic E-state index is 0.00406. The second-order valence-electron chi connectivity index (χ2n) is 6.93. The Bertz CT molecular complexity index is 1030. The summed E-state index contributed by atoms with van der Waals surface area (Å²) in [5.74, 6) is 2.57. The number of hydrogen-bond donors (Lipinski definition) is 0. The molecule has 4 rings (SSSR count). The highest BCUT2D eigenvalue weighted by Gasteiger charge is 2.21. The van der Waals surface area contributed by atoms with E-state index in [9.17, 15) is 4.79 Å². The van der Waals surface area contributed by atoms with Gasteiger partial charge in [-0.2, -0.15) is 0 Å². The van der Waals surface area contributed by atoms with Crippen molar-refractivity contribution < 1.29 is 9.47 Å². The molecule has 8 heteroatoms. The fourth-order valence-electron chi connectivity index (χ4n) is 3.63. The highest BCUT2D eigenvalue weighted by Crippen LogP contribution is 2.24. The van der Waals surface area contributed by atoms with E-state index in [0.29, 0.717) is 35.0 Å². The molecule has 8 nitrogen and oxygen atoms in total. The molecule has 3 heterocycles. The Morgan fingerprint density at radius 2 is 1.89 bits per heavy atom. The normalized spacial score (nSPS) is 15.0. The zero-order valence-corrected chi connectivity index (χ0v) is 16.0. The summed E-state index contributed by atoms with van der Waals surface area (Å²) in [4.78, 5) is 27.9. The van der Waals surface area contributed by atoms with Crippen LogP contribution in [0.4, 0.5) is 5.82 Å². The van der Waals surface area contributed by atoms with Crippen molar-refractivity contribution in [3.05, 3.63) is 47.3 Å². The van der Waals surface area contributed by atoms with Gasteiger partial charge in [0.1, 0.15) is 17.9 Å². The lowest BCUT2D eigenvalue weighted by Crippen LogP contribution is -2.36. The number of nitrogens with zero attached hydrogens (tertiary/aromatic N) is 5. The van der Waals surface area contributed by atoms with E-state index in [1.165, 1.54) is 6.33 Å². The minimum atomic E-state index is -0.00406. The molecule has 28 heavy (non-hydrogen) atoms. The fourth-order valence-corrected chi connectivity index (χ4v) is 3.63. The van der Waals surface area contributed by atoms with Crippen molar-refractivity contribution in [2.24, 2.45) is 5.92 Å². The van der Waals surface area contributed by atoms with E-state index in [1.807, 2.05) is 6.07 Å². The summed E-state index contributed by atoms with van der Waals surface area (Å²) in [6, 6.07) is 7.22. The first-order chi connectivity index (χ1) is 13.7. The van der Waals surface area contributed by atoms with Crippen molar-refractivity contribution in [1.29, 1.82) is 0 Å².